The van der Waals surface area contributed by atoms with Gasteiger partial charge < -0.3 is 4.74 Å². The molecule has 0 bridgehead atoms. The summed E-state index contributed by atoms with van der Waals surface area (Å²) in [5.74, 6) is 0. The molecule has 0 aromatic rings. The molecule has 66 valence electrons. The second-order valence-corrected chi connectivity index (χ2v) is 3.15. The number of hydrogen-bond donors (Lipinski definition) is 0. The Morgan fingerprint density at radius 2 is 2.27 bits per heavy atom. The van der Waals surface area contributed by atoms with Gasteiger partial charge in [-0.05, 0) is 6.42 Å². The summed E-state index contributed by atoms with van der Waals surface area (Å²) in [5.41, 5.74) is 0. The molecule has 0 spiro atoms. The molecule has 3 nitrogen and oxygen atoms in total. The number of rotatable bonds is 2. The standard InChI is InChI=1S/C8H18N2O/c1-4-8-7-11-6-5-10(8)9(2)3/h8H,4-7H2,1-3H3. The van der Waals surface area contributed by atoms with Crippen LogP contribution in [0.2, 0.25) is 0 Å². The van der Waals surface area contributed by atoms with Crippen molar-refractivity contribution in [2.24, 2.45) is 0 Å². The Bertz CT molecular complexity index is 117. The predicted octanol–water partition coefficient (Wildman–Crippen LogP) is 0.574. The Kier molecular flexibility index (Phi) is 3.30. The quantitative estimate of drug-likeness (QED) is 0.584. The third-order valence-electron chi connectivity index (χ3n) is 2.18. The highest BCUT2D eigenvalue weighted by Crippen LogP contribution is 2.10. The summed E-state index contributed by atoms with van der Waals surface area (Å²) in [7, 11) is 4.18. The summed E-state index contributed by atoms with van der Waals surface area (Å²) in [6.45, 7) is 4.99. The molecule has 0 N–H and O–H groups in total. The van der Waals surface area contributed by atoms with Crippen molar-refractivity contribution in [2.45, 2.75) is 19.4 Å². The Morgan fingerprint density at radius 1 is 1.55 bits per heavy atom. The van der Waals surface area contributed by atoms with Crippen LogP contribution < -0.4 is 0 Å². The van der Waals surface area contributed by atoms with Gasteiger partial charge in [0.15, 0.2) is 0 Å². The SMILES string of the molecule is CCC1COCCN1N(C)C. The largest absolute Gasteiger partial charge is 0.378 e. The predicted molar refractivity (Wildman–Crippen MR) is 45.3 cm³/mol. The normalized spacial score (nSPS) is 27.8. The van der Waals surface area contributed by atoms with Crippen LogP contribution in [0.25, 0.3) is 0 Å². The van der Waals surface area contributed by atoms with Gasteiger partial charge in [0.25, 0.3) is 0 Å². The van der Waals surface area contributed by atoms with Crippen molar-refractivity contribution < 1.29 is 4.74 Å². The average Bonchev–Trinajstić information content (AvgIpc) is 2.04. The number of hydrazine groups is 1. The van der Waals surface area contributed by atoms with Gasteiger partial charge in [0.1, 0.15) is 0 Å². The molecule has 1 aliphatic rings. The van der Waals surface area contributed by atoms with Gasteiger partial charge in [0.2, 0.25) is 0 Å². The second kappa shape index (κ2) is 4.04. The number of nitrogens with zero attached hydrogens (tertiary/aromatic N) is 2. The molecule has 1 unspecified atom stereocenters. The van der Waals surface area contributed by atoms with E-state index in [1.165, 1.54) is 0 Å². The second-order valence-electron chi connectivity index (χ2n) is 3.15. The minimum absolute atomic E-state index is 0.582. The van der Waals surface area contributed by atoms with E-state index in [1.54, 1.807) is 0 Å². The minimum Gasteiger partial charge on any atom is -0.378 e. The average molecular weight is 158 g/mol. The van der Waals surface area contributed by atoms with E-state index in [-0.39, 0.29) is 0 Å². The molecule has 1 fully saturated rings. The molecule has 0 radical (unpaired) electrons. The van der Waals surface area contributed by atoms with E-state index >= 15 is 0 Å². The molecule has 0 aromatic carbocycles. The van der Waals surface area contributed by atoms with Gasteiger partial charge in [-0.15, -0.1) is 0 Å². The zero-order valence-corrected chi connectivity index (χ0v) is 7.71. The Morgan fingerprint density at radius 3 is 2.73 bits per heavy atom. The Hall–Kier alpha value is -0.120. The van der Waals surface area contributed by atoms with Crippen molar-refractivity contribution in [3.63, 3.8) is 0 Å². The van der Waals surface area contributed by atoms with Crippen LogP contribution in [0, 0.1) is 0 Å². The molecule has 1 atom stereocenters. The third-order valence-corrected chi connectivity index (χ3v) is 2.18. The molecular weight excluding hydrogens is 140 g/mol. The van der Waals surface area contributed by atoms with E-state index in [0.29, 0.717) is 6.04 Å². The van der Waals surface area contributed by atoms with Gasteiger partial charge >= 0.3 is 0 Å². The van der Waals surface area contributed by atoms with E-state index in [0.717, 1.165) is 26.2 Å². The lowest BCUT2D eigenvalue weighted by Gasteiger charge is -2.39. The maximum absolute atomic E-state index is 5.39. The lowest BCUT2D eigenvalue weighted by Crippen LogP contribution is -2.51. The summed E-state index contributed by atoms with van der Waals surface area (Å²) in [4.78, 5) is 0. The number of hydrogen-bond acceptors (Lipinski definition) is 3. The van der Waals surface area contributed by atoms with Crippen molar-refractivity contribution in [3.8, 4) is 0 Å². The molecule has 0 saturated carbocycles. The van der Waals surface area contributed by atoms with Crippen LogP contribution in [0.4, 0.5) is 0 Å². The van der Waals surface area contributed by atoms with Crippen LogP contribution in [0.15, 0.2) is 0 Å². The Labute approximate surface area is 68.9 Å². The monoisotopic (exact) mass is 158 g/mol. The van der Waals surface area contributed by atoms with Crippen LogP contribution in [-0.2, 0) is 4.74 Å². The van der Waals surface area contributed by atoms with Gasteiger partial charge in [-0.3, -0.25) is 0 Å². The van der Waals surface area contributed by atoms with Crippen molar-refractivity contribution >= 4 is 0 Å². The highest BCUT2D eigenvalue weighted by atomic mass is 16.5. The molecule has 3 heteroatoms. The lowest BCUT2D eigenvalue weighted by molar-refractivity contribution is -0.105. The van der Waals surface area contributed by atoms with Crippen LogP contribution in [0.1, 0.15) is 13.3 Å². The lowest BCUT2D eigenvalue weighted by atomic mass is 10.2. The first-order valence-electron chi connectivity index (χ1n) is 4.27. The molecule has 0 aliphatic carbocycles. The van der Waals surface area contributed by atoms with E-state index in [1.807, 2.05) is 0 Å². The fourth-order valence-electron chi connectivity index (χ4n) is 1.50. The highest BCUT2D eigenvalue weighted by molar-refractivity contribution is 4.70. The van der Waals surface area contributed by atoms with Gasteiger partial charge in [-0.2, -0.15) is 0 Å². The first-order valence-corrected chi connectivity index (χ1v) is 4.27. The van der Waals surface area contributed by atoms with Crippen molar-refractivity contribution in [3.05, 3.63) is 0 Å². The molecule has 1 rings (SSSR count). The summed E-state index contributed by atoms with van der Waals surface area (Å²) in [6.07, 6.45) is 1.16. The first kappa shape index (κ1) is 8.97. The minimum atomic E-state index is 0.582. The van der Waals surface area contributed by atoms with E-state index in [2.05, 4.69) is 31.0 Å². The van der Waals surface area contributed by atoms with Crippen molar-refractivity contribution in [1.29, 1.82) is 0 Å². The van der Waals surface area contributed by atoms with Gasteiger partial charge in [-0.1, -0.05) is 6.92 Å². The van der Waals surface area contributed by atoms with Crippen molar-refractivity contribution in [1.82, 2.24) is 10.0 Å². The van der Waals surface area contributed by atoms with E-state index in [9.17, 15) is 0 Å². The van der Waals surface area contributed by atoms with Crippen LogP contribution in [-0.4, -0.2) is 49.9 Å². The van der Waals surface area contributed by atoms with E-state index in [4.69, 9.17) is 4.74 Å². The highest BCUT2D eigenvalue weighted by Gasteiger charge is 2.22. The Balaban J connectivity index is 2.44. The van der Waals surface area contributed by atoms with Gasteiger partial charge in [0.05, 0.1) is 13.2 Å². The maximum Gasteiger partial charge on any atom is 0.0636 e. The summed E-state index contributed by atoms with van der Waals surface area (Å²) in [6, 6.07) is 0.582. The van der Waals surface area contributed by atoms with Crippen LogP contribution >= 0.6 is 0 Å². The fourth-order valence-corrected chi connectivity index (χ4v) is 1.50. The van der Waals surface area contributed by atoms with Gasteiger partial charge in [0, 0.05) is 26.7 Å². The van der Waals surface area contributed by atoms with Crippen LogP contribution in [0.3, 0.4) is 0 Å². The molecule has 0 aromatic heterocycles. The molecule has 1 saturated heterocycles. The summed E-state index contributed by atoms with van der Waals surface area (Å²) in [5, 5.41) is 4.53. The topological polar surface area (TPSA) is 15.7 Å². The molecular formula is C8H18N2O. The summed E-state index contributed by atoms with van der Waals surface area (Å²) < 4.78 is 5.39. The number of ether oxygens (including phenoxy) is 1. The fraction of sp³-hybridized carbons (Fsp3) is 1.00. The zero-order chi connectivity index (χ0) is 8.27. The molecule has 1 heterocycles. The smallest absolute Gasteiger partial charge is 0.0636 e. The first-order chi connectivity index (χ1) is 5.25. The zero-order valence-electron chi connectivity index (χ0n) is 7.71. The molecule has 1 aliphatic heterocycles. The maximum atomic E-state index is 5.39. The van der Waals surface area contributed by atoms with E-state index < -0.39 is 0 Å². The summed E-state index contributed by atoms with van der Waals surface area (Å²) >= 11 is 0. The molecule has 0 amide bonds. The van der Waals surface area contributed by atoms with Crippen molar-refractivity contribution in [2.75, 3.05) is 33.9 Å². The van der Waals surface area contributed by atoms with Crippen LogP contribution in [0.5, 0.6) is 0 Å². The van der Waals surface area contributed by atoms with Gasteiger partial charge in [-0.25, -0.2) is 10.0 Å². The third kappa shape index (κ3) is 2.15. The number of morpholine rings is 1. The molecule has 11 heavy (non-hydrogen) atoms.